The molecule has 0 aliphatic heterocycles. The first-order valence-electron chi connectivity index (χ1n) is 19.1. The smallest absolute Gasteiger partial charge is 0.455 e. The third-order valence-electron chi connectivity index (χ3n) is 4.76. The number of Topliss-reactive ketones (excluding diaryl/α,β-unsaturated/α-hetero) is 1. The molecule has 403 valence electrons. The first-order chi connectivity index (χ1) is 31.6. The van der Waals surface area contributed by atoms with Crippen molar-refractivity contribution in [1.29, 1.82) is 0 Å². The van der Waals surface area contributed by atoms with Crippen LogP contribution in [0, 0.1) is 34.3 Å². The number of hydrogen-bond donors (Lipinski definition) is 4. The van der Waals surface area contributed by atoms with Gasteiger partial charge in [-0.1, -0.05) is 62.8 Å². The fourth-order valence-electron chi connectivity index (χ4n) is 2.57. The van der Waals surface area contributed by atoms with Gasteiger partial charge in [-0.3, -0.25) is 21.0 Å². The summed E-state index contributed by atoms with van der Waals surface area (Å²) in [4.78, 5) is 49.4. The molecule has 0 aliphatic rings. The molecule has 2 atom stereocenters. The summed E-state index contributed by atoms with van der Waals surface area (Å²) in [5, 5.41) is 34.5. The summed E-state index contributed by atoms with van der Waals surface area (Å²) in [6.45, 7) is 34.3. The Labute approximate surface area is 468 Å². The number of aldehydes is 2. The van der Waals surface area contributed by atoms with Crippen LogP contribution in [0.3, 0.4) is 0 Å². The van der Waals surface area contributed by atoms with Crippen LogP contribution in [0.5, 0.6) is 0 Å². The van der Waals surface area contributed by atoms with Gasteiger partial charge in [0.2, 0.25) is 0 Å². The van der Waals surface area contributed by atoms with Crippen molar-refractivity contribution in [2.24, 2.45) is 0 Å². The van der Waals surface area contributed by atoms with Crippen molar-refractivity contribution in [3.05, 3.63) is 98.3 Å². The van der Waals surface area contributed by atoms with Crippen molar-refractivity contribution in [2.45, 2.75) is 128 Å². The third-order valence-corrected chi connectivity index (χ3v) is 10.4. The van der Waals surface area contributed by atoms with Gasteiger partial charge in [-0.25, -0.2) is 24.9 Å². The van der Waals surface area contributed by atoms with Crippen LogP contribution in [-0.2, 0) is 32.7 Å². The van der Waals surface area contributed by atoms with Crippen molar-refractivity contribution in [3.63, 3.8) is 0 Å². The number of aryl methyl sites for hydroxylation is 3. The van der Waals surface area contributed by atoms with Gasteiger partial charge in [0.05, 0.1) is 39.4 Å². The van der Waals surface area contributed by atoms with Gasteiger partial charge in [0.15, 0.2) is 32.6 Å². The SMILES string of the molecule is C.CB(O)O.CC.CC.CC.CC.Cc1ncc(C(=O)C(F)(F)F)s1.Cc1ncc(C(O)C(F)(F)F)s1.Cc1ncc(C=O)s1.O=Cc1cnc(Br)s1.OC(c1cnc(Br)s1)C(F)(F)F.[CH-]=C.[CH2-]C.[Y]. The monoisotopic (exact) mass is 1310 g/mol. The first kappa shape index (κ1) is 87.9. The van der Waals surface area contributed by atoms with Crippen LogP contribution < -0.4 is 0 Å². The second kappa shape index (κ2) is 52.1. The molecule has 30 heteroatoms. The summed E-state index contributed by atoms with van der Waals surface area (Å²) < 4.78 is 108. The summed E-state index contributed by atoms with van der Waals surface area (Å²) in [7, 11) is -1.17. The Kier molecular flexibility index (Phi) is 65.5. The van der Waals surface area contributed by atoms with E-state index in [4.69, 9.17) is 20.3 Å². The van der Waals surface area contributed by atoms with Crippen molar-refractivity contribution in [3.8, 4) is 0 Å². The normalized spacial score (nSPS) is 10.0. The zero-order chi connectivity index (χ0) is 55.6. The molecule has 0 aromatic carbocycles. The summed E-state index contributed by atoms with van der Waals surface area (Å²) in [5.74, 6) is -1.83. The molecule has 0 spiro atoms. The van der Waals surface area contributed by atoms with E-state index in [1.165, 1.54) is 42.6 Å². The Balaban J connectivity index is -0.0000000882. The second-order valence-electron chi connectivity index (χ2n) is 9.42. The van der Waals surface area contributed by atoms with Gasteiger partial charge in [-0.2, -0.15) is 46.4 Å². The number of thiazole rings is 5. The number of hydrogen-bond acceptors (Lipinski definition) is 17. The minimum Gasteiger partial charge on any atom is -0.521 e. The quantitative estimate of drug-likeness (QED) is 0.0428. The summed E-state index contributed by atoms with van der Waals surface area (Å²) in [6.07, 6.45) is -11.2. The molecule has 5 aromatic rings. The number of aromatic nitrogens is 5. The summed E-state index contributed by atoms with van der Waals surface area (Å²) >= 11 is 11.1. The molecule has 0 fully saturated rings. The predicted octanol–water partition coefficient (Wildman–Crippen LogP) is 15.0. The van der Waals surface area contributed by atoms with Gasteiger partial charge in [0, 0.05) is 63.7 Å². The number of carbonyl (C=O) groups is 3. The standard InChI is InChI=1S/C6H6F3NOS.C6H4F3NOS.C5H3BrF3NOS.C5H5NOS.C4H2BrNOS.4C2H6.C2H5.C2H3.CH5BO2.CH4.Y/c2*1-3-10-2-4(12-3)5(11)6(7,8)9;6-4-10-1-2(12-4)3(11)5(7,8)9;1-4-6-2-5(3-7)8-4;5-4-6-1-3(2-7)8-4;6*1-2;1-2(3)4;;/h2,5,11H,1H3;2H,1H3;1,3,11H;2-3H,1H3;1-2H;4*1-2H3;1H2,2H3;1H,2H2;3-4H,1H3;1H4;/q;;;;;;;;;2*-1;;;. The minimum atomic E-state index is -4.79. The van der Waals surface area contributed by atoms with Crippen LogP contribution in [0.1, 0.15) is 136 Å². The van der Waals surface area contributed by atoms with E-state index in [1.807, 2.05) is 62.3 Å². The van der Waals surface area contributed by atoms with Gasteiger partial charge in [0.25, 0.3) is 5.78 Å². The molecule has 2 unspecified atom stereocenters. The van der Waals surface area contributed by atoms with E-state index >= 15 is 0 Å². The van der Waals surface area contributed by atoms with Crippen LogP contribution in [-0.4, -0.2) is 89.2 Å². The number of alkyl halides is 9. The van der Waals surface area contributed by atoms with Crippen LogP contribution in [0.2, 0.25) is 6.82 Å². The van der Waals surface area contributed by atoms with Gasteiger partial charge >= 0.3 is 25.6 Å². The van der Waals surface area contributed by atoms with E-state index in [9.17, 15) is 53.9 Å². The topological polar surface area (TPSA) is 197 Å². The molecule has 12 nitrogen and oxygen atoms in total. The first-order valence-corrected chi connectivity index (χ1v) is 24.8. The molecule has 0 saturated heterocycles. The Hall–Kier alpha value is -1.76. The molecule has 4 N–H and O–H groups in total. The van der Waals surface area contributed by atoms with E-state index in [-0.39, 0.29) is 54.8 Å². The number of nitrogens with zero attached hydrogens (tertiary/aromatic N) is 5. The third kappa shape index (κ3) is 47.3. The Morgan fingerprint density at radius 3 is 1.13 bits per heavy atom. The average molecular weight is 1310 g/mol. The van der Waals surface area contributed by atoms with Crippen LogP contribution in [0.4, 0.5) is 39.5 Å². The zero-order valence-electron chi connectivity index (χ0n) is 39.8. The van der Waals surface area contributed by atoms with E-state index in [1.54, 1.807) is 20.0 Å². The zero-order valence-corrected chi connectivity index (χ0v) is 49.9. The average Bonchev–Trinajstić information content (AvgIpc) is 4.18. The molecule has 5 aromatic heterocycles. The van der Waals surface area contributed by atoms with E-state index in [0.29, 0.717) is 23.7 Å². The minimum absolute atomic E-state index is 0. The number of aliphatic hydroxyl groups is 2. The second-order valence-corrected chi connectivity index (χ2v) is 17.9. The fourth-order valence-corrected chi connectivity index (χ4v) is 7.14. The Morgan fingerprint density at radius 2 is 0.914 bits per heavy atom. The predicted molar refractivity (Wildman–Crippen MR) is 273 cm³/mol. The maximum Gasteiger partial charge on any atom is 0.455 e. The summed E-state index contributed by atoms with van der Waals surface area (Å²) in [5.41, 5.74) is 0. The Bertz CT molecular complexity index is 1850. The van der Waals surface area contributed by atoms with Crippen LogP contribution in [0.15, 0.2) is 45.4 Å². The fraction of sp³-hybridized carbons (Fsp3) is 0.475. The van der Waals surface area contributed by atoms with Gasteiger partial charge in [-0.05, 0) is 59.5 Å². The number of ketones is 1. The van der Waals surface area contributed by atoms with E-state index < -0.39 is 43.6 Å². The molecular formula is C40H61BBr2F9N5O7S5Y-2. The number of carbonyl (C=O) groups excluding carboxylic acids is 3. The molecule has 0 bridgehead atoms. The Morgan fingerprint density at radius 1 is 0.629 bits per heavy atom. The molecule has 5 heterocycles. The van der Waals surface area contributed by atoms with Gasteiger partial charge in [-0.15, -0.1) is 56.7 Å². The van der Waals surface area contributed by atoms with Gasteiger partial charge < -0.3 is 33.8 Å². The van der Waals surface area contributed by atoms with Crippen molar-refractivity contribution < 1.29 is 107 Å². The maximum absolute atomic E-state index is 11.9. The van der Waals surface area contributed by atoms with Crippen LogP contribution in [0.25, 0.3) is 0 Å². The summed E-state index contributed by atoms with van der Waals surface area (Å²) in [6, 6.07) is 0. The van der Waals surface area contributed by atoms with E-state index in [2.05, 4.69) is 76.9 Å². The molecule has 0 amide bonds. The van der Waals surface area contributed by atoms with Crippen molar-refractivity contribution in [2.75, 3.05) is 0 Å². The molecule has 0 aliphatic carbocycles. The molecule has 1 radical (unpaired) electrons. The maximum atomic E-state index is 11.9. The molecule has 5 rings (SSSR count). The van der Waals surface area contributed by atoms with Crippen LogP contribution >= 0.6 is 88.5 Å². The largest absolute Gasteiger partial charge is 0.521 e. The van der Waals surface area contributed by atoms with Crippen molar-refractivity contribution in [1.82, 2.24) is 24.9 Å². The number of aliphatic hydroxyl groups excluding tert-OH is 2. The van der Waals surface area contributed by atoms with Crippen molar-refractivity contribution >= 4 is 114 Å². The molecular weight excluding hydrogens is 1250 g/mol. The van der Waals surface area contributed by atoms with Gasteiger partial charge in [0.1, 0.15) is 0 Å². The molecule has 0 saturated carbocycles. The number of rotatable bonds is 5. The van der Waals surface area contributed by atoms with E-state index in [0.717, 1.165) is 74.1 Å². The molecule has 70 heavy (non-hydrogen) atoms. The number of halogens is 11.